The predicted octanol–water partition coefficient (Wildman–Crippen LogP) is 5.96. The Morgan fingerprint density at radius 1 is 1.29 bits per heavy atom. The van der Waals surface area contributed by atoms with E-state index in [1.807, 2.05) is 31.2 Å². The molecule has 1 aliphatic rings. The lowest BCUT2D eigenvalue weighted by Crippen LogP contribution is -2.26. The number of fused-ring (bicyclic) bond motifs is 1. The third-order valence-electron chi connectivity index (χ3n) is 6.11. The molecular weight excluding hydrogens is 482 g/mol. The molecule has 8 heteroatoms. The van der Waals surface area contributed by atoms with E-state index in [-0.39, 0.29) is 11.8 Å². The summed E-state index contributed by atoms with van der Waals surface area (Å²) in [5, 5.41) is 7.33. The largest absolute Gasteiger partial charge is 0.493 e. The van der Waals surface area contributed by atoms with Crippen LogP contribution in [0, 0.1) is 12.8 Å². The molecule has 0 bridgehead atoms. The van der Waals surface area contributed by atoms with Crippen LogP contribution in [0.1, 0.15) is 58.1 Å². The molecule has 0 fully saturated rings. The van der Waals surface area contributed by atoms with Crippen LogP contribution >= 0.6 is 22.9 Å². The Bertz CT molecular complexity index is 1200. The van der Waals surface area contributed by atoms with E-state index in [4.69, 9.17) is 16.3 Å². The molecule has 0 saturated heterocycles. The predicted molar refractivity (Wildman–Crippen MR) is 140 cm³/mol. The second-order valence-corrected chi connectivity index (χ2v) is 10.6. The zero-order valence-corrected chi connectivity index (χ0v) is 21.6. The van der Waals surface area contributed by atoms with Crippen molar-refractivity contribution in [3.8, 4) is 5.75 Å². The fraction of sp³-hybridized carbons (Fsp3) is 0.370. The lowest BCUT2D eigenvalue weighted by atomic mass is 9.88. The summed E-state index contributed by atoms with van der Waals surface area (Å²) in [4.78, 5) is 31.3. The molecule has 184 valence electrons. The molecule has 1 aromatic carbocycles. The number of halogens is 1. The third kappa shape index (κ3) is 6.61. The topological polar surface area (TPSA) is 80.3 Å². The van der Waals surface area contributed by atoms with Crippen molar-refractivity contribution in [2.45, 2.75) is 52.5 Å². The first kappa shape index (κ1) is 25.2. The number of rotatable bonds is 9. The average molecular weight is 512 g/mol. The molecule has 2 heterocycles. The number of nitrogens with zero attached hydrogens (tertiary/aromatic N) is 1. The van der Waals surface area contributed by atoms with Crippen LogP contribution in [0.5, 0.6) is 5.75 Å². The number of aryl methyl sites for hydroxylation is 1. The Labute approximate surface area is 215 Å². The van der Waals surface area contributed by atoms with Gasteiger partial charge >= 0.3 is 0 Å². The zero-order chi connectivity index (χ0) is 24.8. The van der Waals surface area contributed by atoms with E-state index in [9.17, 15) is 9.59 Å². The second-order valence-electron chi connectivity index (χ2n) is 9.01. The molecule has 0 saturated carbocycles. The number of pyridine rings is 1. The van der Waals surface area contributed by atoms with Gasteiger partial charge in [-0.25, -0.2) is 0 Å². The maximum Gasteiger partial charge on any atom is 0.254 e. The van der Waals surface area contributed by atoms with Gasteiger partial charge < -0.3 is 15.4 Å². The molecule has 2 N–H and O–H groups in total. The van der Waals surface area contributed by atoms with Crippen LogP contribution in [0.2, 0.25) is 5.02 Å². The number of nitrogens with one attached hydrogen (secondary N) is 2. The summed E-state index contributed by atoms with van der Waals surface area (Å²) >= 11 is 7.52. The van der Waals surface area contributed by atoms with Gasteiger partial charge in [0, 0.05) is 35.3 Å². The average Bonchev–Trinajstić information content (AvgIpc) is 3.18. The Morgan fingerprint density at radius 3 is 2.91 bits per heavy atom. The Hall–Kier alpha value is -2.90. The van der Waals surface area contributed by atoms with Crippen LogP contribution in [0.4, 0.5) is 5.00 Å². The minimum atomic E-state index is -0.155. The number of thiophene rings is 1. The monoisotopic (exact) mass is 511 g/mol. The number of carbonyl (C=O) groups is 2. The lowest BCUT2D eigenvalue weighted by Gasteiger charge is -2.18. The van der Waals surface area contributed by atoms with Gasteiger partial charge in [0.25, 0.3) is 5.91 Å². The summed E-state index contributed by atoms with van der Waals surface area (Å²) in [7, 11) is 0. The second kappa shape index (κ2) is 11.7. The van der Waals surface area contributed by atoms with Crippen molar-refractivity contribution in [2.75, 3.05) is 11.9 Å². The smallest absolute Gasteiger partial charge is 0.254 e. The molecule has 3 aromatic rings. The first-order valence-electron chi connectivity index (χ1n) is 11.9. The van der Waals surface area contributed by atoms with Crippen LogP contribution in [0.3, 0.4) is 0 Å². The summed E-state index contributed by atoms with van der Waals surface area (Å²) in [5.74, 6) is 1.07. The summed E-state index contributed by atoms with van der Waals surface area (Å²) in [5.41, 5.74) is 3.58. The molecule has 6 nitrogen and oxygen atoms in total. The van der Waals surface area contributed by atoms with E-state index in [1.165, 1.54) is 16.2 Å². The summed E-state index contributed by atoms with van der Waals surface area (Å²) in [6.07, 6.45) is 7.15. The highest BCUT2D eigenvalue weighted by molar-refractivity contribution is 7.17. The molecule has 2 amide bonds. The number of ether oxygens (including phenoxy) is 1. The van der Waals surface area contributed by atoms with Crippen molar-refractivity contribution in [3.05, 3.63) is 74.9 Å². The molecule has 35 heavy (non-hydrogen) atoms. The van der Waals surface area contributed by atoms with Gasteiger partial charge in [-0.3, -0.25) is 14.6 Å². The SMILES string of the molecule is Cc1cc(Cl)ccc1OCCCC(=O)Nc1sc2c(c1C(=O)NCc1cccnc1)CCC(C)C2. The minimum absolute atomic E-state index is 0.116. The van der Waals surface area contributed by atoms with Crippen molar-refractivity contribution < 1.29 is 14.3 Å². The molecule has 2 aromatic heterocycles. The molecule has 1 aliphatic carbocycles. The van der Waals surface area contributed by atoms with Gasteiger partial charge in [-0.2, -0.15) is 0 Å². The van der Waals surface area contributed by atoms with E-state index in [0.717, 1.165) is 41.7 Å². The molecule has 1 atom stereocenters. The van der Waals surface area contributed by atoms with E-state index >= 15 is 0 Å². The van der Waals surface area contributed by atoms with Crippen molar-refractivity contribution in [1.29, 1.82) is 0 Å². The number of aromatic nitrogens is 1. The fourth-order valence-electron chi connectivity index (χ4n) is 4.23. The van der Waals surface area contributed by atoms with Gasteiger partial charge in [-0.05, 0) is 79.5 Å². The van der Waals surface area contributed by atoms with Crippen LogP contribution in [-0.4, -0.2) is 23.4 Å². The van der Waals surface area contributed by atoms with E-state index < -0.39 is 0 Å². The van der Waals surface area contributed by atoms with Crippen molar-refractivity contribution in [2.24, 2.45) is 5.92 Å². The van der Waals surface area contributed by atoms with Gasteiger partial charge in [-0.1, -0.05) is 24.6 Å². The number of anilines is 1. The van der Waals surface area contributed by atoms with E-state index in [0.29, 0.717) is 47.5 Å². The van der Waals surface area contributed by atoms with Crippen molar-refractivity contribution in [3.63, 3.8) is 0 Å². The zero-order valence-electron chi connectivity index (χ0n) is 20.0. The molecular formula is C27H30ClN3O3S. The number of benzene rings is 1. The summed E-state index contributed by atoms with van der Waals surface area (Å²) < 4.78 is 5.80. The molecule has 0 radical (unpaired) electrons. The highest BCUT2D eigenvalue weighted by atomic mass is 35.5. The highest BCUT2D eigenvalue weighted by Crippen LogP contribution is 2.39. The molecule has 1 unspecified atom stereocenters. The number of amides is 2. The van der Waals surface area contributed by atoms with Crippen LogP contribution < -0.4 is 15.4 Å². The van der Waals surface area contributed by atoms with Gasteiger partial charge in [0.1, 0.15) is 10.8 Å². The lowest BCUT2D eigenvalue weighted by molar-refractivity contribution is -0.116. The van der Waals surface area contributed by atoms with Gasteiger partial charge in [0.15, 0.2) is 0 Å². The van der Waals surface area contributed by atoms with E-state index in [2.05, 4.69) is 22.5 Å². The Balaban J connectivity index is 1.38. The normalized spacial score (nSPS) is 14.8. The summed E-state index contributed by atoms with van der Waals surface area (Å²) in [6.45, 7) is 4.98. The van der Waals surface area contributed by atoms with Gasteiger partial charge in [0.2, 0.25) is 5.91 Å². The Kier molecular flexibility index (Phi) is 8.42. The molecule has 4 rings (SSSR count). The standard InChI is InChI=1S/C27H30ClN3O3S/c1-17-7-9-21-23(13-17)35-27(25(21)26(33)30-16-19-5-3-11-29-15-19)31-24(32)6-4-12-34-22-10-8-20(28)14-18(22)2/h3,5,8,10-11,14-15,17H,4,6-7,9,12-13,16H2,1-2H3,(H,30,33)(H,31,32). The van der Waals surface area contributed by atoms with Crippen LogP contribution in [0.15, 0.2) is 42.7 Å². The fourth-order valence-corrected chi connectivity index (χ4v) is 5.88. The molecule has 0 aliphatic heterocycles. The summed E-state index contributed by atoms with van der Waals surface area (Å²) in [6, 6.07) is 9.25. The first-order chi connectivity index (χ1) is 16.9. The van der Waals surface area contributed by atoms with Gasteiger partial charge in [0.05, 0.1) is 12.2 Å². The minimum Gasteiger partial charge on any atom is -0.493 e. The van der Waals surface area contributed by atoms with Crippen LogP contribution in [0.25, 0.3) is 0 Å². The number of hydrogen-bond donors (Lipinski definition) is 2. The van der Waals surface area contributed by atoms with Crippen LogP contribution in [-0.2, 0) is 24.2 Å². The maximum atomic E-state index is 13.2. The van der Waals surface area contributed by atoms with Crippen molar-refractivity contribution >= 4 is 39.8 Å². The maximum absolute atomic E-state index is 13.2. The van der Waals surface area contributed by atoms with Gasteiger partial charge in [-0.15, -0.1) is 11.3 Å². The highest BCUT2D eigenvalue weighted by Gasteiger charge is 2.28. The van der Waals surface area contributed by atoms with Crippen molar-refractivity contribution in [1.82, 2.24) is 10.3 Å². The first-order valence-corrected chi connectivity index (χ1v) is 13.1. The molecule has 0 spiro atoms. The number of carbonyl (C=O) groups excluding carboxylic acids is 2. The van der Waals surface area contributed by atoms with E-state index in [1.54, 1.807) is 18.5 Å². The third-order valence-corrected chi connectivity index (χ3v) is 7.52. The quantitative estimate of drug-likeness (QED) is 0.347. The number of hydrogen-bond acceptors (Lipinski definition) is 5. The Morgan fingerprint density at radius 2 is 2.14 bits per heavy atom.